The van der Waals surface area contributed by atoms with Gasteiger partial charge in [0, 0.05) is 12.0 Å². The number of amides is 1. The summed E-state index contributed by atoms with van der Waals surface area (Å²) in [5, 5.41) is 15.2. The zero-order valence-electron chi connectivity index (χ0n) is 15.5. The summed E-state index contributed by atoms with van der Waals surface area (Å²) >= 11 is 1.35. The van der Waals surface area contributed by atoms with Crippen LogP contribution in [-0.4, -0.2) is 50.6 Å². The Hall–Kier alpha value is -2.29. The molecule has 0 spiro atoms. The number of aromatic nitrogens is 4. The van der Waals surface area contributed by atoms with Gasteiger partial charge in [0.15, 0.2) is 11.5 Å². The van der Waals surface area contributed by atoms with Crippen molar-refractivity contribution in [3.05, 3.63) is 23.8 Å². The lowest BCUT2D eigenvalue weighted by Gasteiger charge is -2.18. The van der Waals surface area contributed by atoms with Crippen molar-refractivity contribution >= 4 is 17.7 Å². The number of nitrogens with zero attached hydrogens (tertiary/aromatic N) is 4. The number of tetrazole rings is 1. The zero-order valence-corrected chi connectivity index (χ0v) is 16.3. The molecule has 8 nitrogen and oxygen atoms in total. The van der Waals surface area contributed by atoms with Crippen LogP contribution >= 0.6 is 11.8 Å². The lowest BCUT2D eigenvalue weighted by molar-refractivity contribution is -0.118. The van der Waals surface area contributed by atoms with Gasteiger partial charge in [-0.3, -0.25) is 4.79 Å². The summed E-state index contributed by atoms with van der Waals surface area (Å²) in [6, 6.07) is 6.33. The van der Waals surface area contributed by atoms with E-state index in [1.54, 1.807) is 4.68 Å². The minimum atomic E-state index is -0.205. The highest BCUT2D eigenvalue weighted by Crippen LogP contribution is 2.41. The van der Waals surface area contributed by atoms with Crippen LogP contribution < -0.4 is 14.8 Å². The van der Waals surface area contributed by atoms with Crippen LogP contribution in [-0.2, 0) is 11.2 Å². The highest BCUT2D eigenvalue weighted by atomic mass is 32.2. The van der Waals surface area contributed by atoms with Crippen LogP contribution in [0.1, 0.15) is 38.3 Å². The highest BCUT2D eigenvalue weighted by Gasteiger charge is 2.32. The molecule has 1 amide bonds. The van der Waals surface area contributed by atoms with Crippen LogP contribution in [0, 0.1) is 0 Å². The van der Waals surface area contributed by atoms with Crippen molar-refractivity contribution < 1.29 is 14.3 Å². The normalized spacial score (nSPS) is 17.3. The number of hydrogen-bond acceptors (Lipinski definition) is 7. The Morgan fingerprint density at radius 3 is 3.11 bits per heavy atom. The fraction of sp³-hybridized carbons (Fsp3) is 0.556. The van der Waals surface area contributed by atoms with E-state index < -0.39 is 0 Å². The molecular formula is C18H23N5O3S. The first-order chi connectivity index (χ1) is 13.0. The van der Waals surface area contributed by atoms with E-state index in [4.69, 9.17) is 9.47 Å². The van der Waals surface area contributed by atoms with E-state index in [1.165, 1.54) is 11.8 Å². The number of hydrogen-bond donors (Lipinski definition) is 1. The van der Waals surface area contributed by atoms with Gasteiger partial charge >= 0.3 is 0 Å². The summed E-state index contributed by atoms with van der Waals surface area (Å²) in [5.74, 6) is 1.76. The van der Waals surface area contributed by atoms with Gasteiger partial charge < -0.3 is 14.8 Å². The van der Waals surface area contributed by atoms with E-state index in [0.717, 1.165) is 36.3 Å². The van der Waals surface area contributed by atoms with Gasteiger partial charge in [-0.25, -0.2) is 4.68 Å². The molecule has 1 aliphatic carbocycles. The van der Waals surface area contributed by atoms with Gasteiger partial charge in [-0.05, 0) is 43.2 Å². The van der Waals surface area contributed by atoms with Crippen LogP contribution in [0.5, 0.6) is 11.5 Å². The van der Waals surface area contributed by atoms with E-state index in [0.29, 0.717) is 24.3 Å². The number of carbonyl (C=O) groups is 1. The third-order valence-electron chi connectivity index (χ3n) is 4.42. The Kier molecular flexibility index (Phi) is 4.94. The first-order valence-electron chi connectivity index (χ1n) is 9.13. The maximum absolute atomic E-state index is 12.0. The molecule has 1 aliphatic heterocycles. The number of para-hydroxylation sites is 1. The molecule has 27 heavy (non-hydrogen) atoms. The predicted octanol–water partition coefficient (Wildman–Crippen LogP) is 2.01. The van der Waals surface area contributed by atoms with Gasteiger partial charge in [0.25, 0.3) is 0 Å². The predicted molar refractivity (Wildman–Crippen MR) is 100 cm³/mol. The number of benzene rings is 1. The van der Waals surface area contributed by atoms with Crippen molar-refractivity contribution in [1.82, 2.24) is 25.5 Å². The molecule has 2 aliphatic rings. The van der Waals surface area contributed by atoms with Crippen molar-refractivity contribution in [3.8, 4) is 11.5 Å². The molecule has 1 fully saturated rings. The van der Waals surface area contributed by atoms with Crippen LogP contribution in [0.3, 0.4) is 0 Å². The molecule has 2 heterocycles. The average molecular weight is 389 g/mol. The summed E-state index contributed by atoms with van der Waals surface area (Å²) < 4.78 is 13.6. The molecule has 0 bridgehead atoms. The van der Waals surface area contributed by atoms with E-state index in [2.05, 4.69) is 40.8 Å². The van der Waals surface area contributed by atoms with E-state index >= 15 is 0 Å². The minimum Gasteiger partial charge on any atom is -0.488 e. The van der Waals surface area contributed by atoms with Crippen molar-refractivity contribution in [2.24, 2.45) is 0 Å². The van der Waals surface area contributed by atoms with Gasteiger partial charge in [-0.1, -0.05) is 23.9 Å². The van der Waals surface area contributed by atoms with Gasteiger partial charge in [0.1, 0.15) is 12.2 Å². The van der Waals surface area contributed by atoms with Gasteiger partial charge in [0.2, 0.25) is 11.1 Å². The molecule has 1 aromatic carbocycles. The van der Waals surface area contributed by atoms with Gasteiger partial charge in [-0.2, -0.15) is 0 Å². The molecule has 144 valence electrons. The largest absolute Gasteiger partial charge is 0.488 e. The minimum absolute atomic E-state index is 0.0652. The monoisotopic (exact) mass is 389 g/mol. The summed E-state index contributed by atoms with van der Waals surface area (Å²) in [6.45, 7) is 4.94. The molecule has 0 unspecified atom stereocenters. The topological polar surface area (TPSA) is 91.2 Å². The zero-order chi connectivity index (χ0) is 18.9. The van der Waals surface area contributed by atoms with E-state index in [1.807, 2.05) is 12.1 Å². The Labute approximate surface area is 162 Å². The van der Waals surface area contributed by atoms with Crippen LogP contribution in [0.2, 0.25) is 0 Å². The first-order valence-corrected chi connectivity index (χ1v) is 10.1. The molecule has 2 aromatic rings. The molecule has 1 saturated carbocycles. The number of carbonyl (C=O) groups excluding carboxylic acids is 1. The summed E-state index contributed by atoms with van der Waals surface area (Å²) in [4.78, 5) is 12.0. The number of nitrogens with one attached hydrogen (secondary N) is 1. The molecule has 1 aromatic heterocycles. The van der Waals surface area contributed by atoms with Crippen LogP contribution in [0.15, 0.2) is 23.4 Å². The highest BCUT2D eigenvalue weighted by molar-refractivity contribution is 7.99. The molecule has 1 N–H and O–H groups in total. The second-order valence-corrected chi connectivity index (χ2v) is 8.35. The van der Waals surface area contributed by atoms with Crippen molar-refractivity contribution in [3.63, 3.8) is 0 Å². The van der Waals surface area contributed by atoms with Crippen LogP contribution in [0.4, 0.5) is 0 Å². The Balaban J connectivity index is 1.20. The molecule has 0 atom stereocenters. The summed E-state index contributed by atoms with van der Waals surface area (Å²) in [7, 11) is 0. The maximum atomic E-state index is 12.0. The van der Waals surface area contributed by atoms with Crippen molar-refractivity contribution in [2.45, 2.75) is 49.9 Å². The Bertz CT molecular complexity index is 834. The Morgan fingerprint density at radius 2 is 2.30 bits per heavy atom. The molecule has 4 rings (SSSR count). The van der Waals surface area contributed by atoms with E-state index in [9.17, 15) is 4.79 Å². The molecule has 9 heteroatoms. The standard InChI is InChI=1S/C18H23N5O3S/c1-18(2)10-12-4-3-5-14(16(12)26-18)25-9-8-19-15(24)11-27-17-20-21-22-23(17)13-6-7-13/h3-5,13H,6-11H2,1-2H3,(H,19,24). The lowest BCUT2D eigenvalue weighted by atomic mass is 10.0. The third kappa shape index (κ3) is 4.35. The quantitative estimate of drug-likeness (QED) is 0.545. The van der Waals surface area contributed by atoms with Crippen molar-refractivity contribution in [2.75, 3.05) is 18.9 Å². The average Bonchev–Trinajstić information content (AvgIpc) is 3.27. The van der Waals surface area contributed by atoms with E-state index in [-0.39, 0.29) is 17.3 Å². The summed E-state index contributed by atoms with van der Waals surface area (Å²) in [6.07, 6.45) is 3.08. The second-order valence-electron chi connectivity index (χ2n) is 7.41. The lowest BCUT2D eigenvalue weighted by Crippen LogP contribution is -2.29. The third-order valence-corrected chi connectivity index (χ3v) is 5.36. The second kappa shape index (κ2) is 7.38. The number of fused-ring (bicyclic) bond motifs is 1. The first kappa shape index (κ1) is 18.1. The van der Waals surface area contributed by atoms with Gasteiger partial charge in [-0.15, -0.1) is 5.10 Å². The van der Waals surface area contributed by atoms with Crippen LogP contribution in [0.25, 0.3) is 0 Å². The number of thioether (sulfide) groups is 1. The number of ether oxygens (including phenoxy) is 2. The number of rotatable bonds is 8. The molecular weight excluding hydrogens is 366 g/mol. The van der Waals surface area contributed by atoms with Crippen molar-refractivity contribution in [1.29, 1.82) is 0 Å². The smallest absolute Gasteiger partial charge is 0.230 e. The maximum Gasteiger partial charge on any atom is 0.230 e. The SMILES string of the molecule is CC1(C)Cc2cccc(OCCNC(=O)CSc3nnnn3C3CC3)c2O1. The molecule has 0 saturated heterocycles. The molecule has 0 radical (unpaired) electrons. The Morgan fingerprint density at radius 1 is 1.44 bits per heavy atom. The van der Waals surface area contributed by atoms with Gasteiger partial charge in [0.05, 0.1) is 18.3 Å². The fourth-order valence-electron chi connectivity index (χ4n) is 3.06. The summed E-state index contributed by atoms with van der Waals surface area (Å²) in [5.41, 5.74) is 0.953. The fourth-order valence-corrected chi connectivity index (χ4v) is 3.84.